The van der Waals surface area contributed by atoms with Crippen LogP contribution in [0.5, 0.6) is 5.75 Å². The van der Waals surface area contributed by atoms with Crippen LogP contribution in [0, 0.1) is 0 Å². The maximum Gasteiger partial charge on any atom is 0.230 e. The number of imidazole rings is 1. The predicted molar refractivity (Wildman–Crippen MR) is 94.7 cm³/mol. The smallest absolute Gasteiger partial charge is 0.230 e. The van der Waals surface area contributed by atoms with E-state index < -0.39 is 0 Å². The molecule has 3 aromatic rings. The maximum atomic E-state index is 12.2. The van der Waals surface area contributed by atoms with Crippen molar-refractivity contribution < 1.29 is 9.53 Å². The lowest BCUT2D eigenvalue weighted by Gasteiger charge is -2.14. The summed E-state index contributed by atoms with van der Waals surface area (Å²) in [4.78, 5) is 17.6. The van der Waals surface area contributed by atoms with E-state index in [0.717, 1.165) is 34.9 Å². The van der Waals surface area contributed by atoms with Crippen LogP contribution < -0.4 is 10.1 Å². The van der Waals surface area contributed by atoms with Gasteiger partial charge in [0, 0.05) is 29.5 Å². The van der Waals surface area contributed by atoms with Crippen molar-refractivity contribution in [1.82, 2.24) is 9.38 Å². The van der Waals surface area contributed by atoms with Crippen LogP contribution in [-0.2, 0) is 11.2 Å². The molecule has 4 rings (SSSR count). The molecule has 1 aliphatic rings. The predicted octanol–water partition coefficient (Wildman–Crippen LogP) is 3.90. The van der Waals surface area contributed by atoms with Gasteiger partial charge in [0.1, 0.15) is 5.75 Å². The molecule has 5 nitrogen and oxygen atoms in total. The lowest BCUT2D eigenvalue weighted by molar-refractivity contribution is -0.115. The number of hydrogen-bond donors (Lipinski definition) is 1. The van der Waals surface area contributed by atoms with E-state index in [1.54, 1.807) is 11.3 Å². The fourth-order valence-corrected chi connectivity index (χ4v) is 3.80. The number of aromatic nitrogens is 2. The van der Waals surface area contributed by atoms with Gasteiger partial charge in [-0.05, 0) is 37.8 Å². The highest BCUT2D eigenvalue weighted by Gasteiger charge is 2.16. The van der Waals surface area contributed by atoms with Crippen LogP contribution >= 0.6 is 11.3 Å². The second-order valence-electron chi connectivity index (χ2n) is 6.10. The van der Waals surface area contributed by atoms with Crippen LogP contribution in [0.4, 0.5) is 5.69 Å². The molecule has 0 unspecified atom stereocenters. The van der Waals surface area contributed by atoms with Gasteiger partial charge in [-0.2, -0.15) is 0 Å². The number of fused-ring (bicyclic) bond motifs is 1. The first-order valence-electron chi connectivity index (χ1n) is 8.24. The summed E-state index contributed by atoms with van der Waals surface area (Å²) < 4.78 is 7.91. The average molecular weight is 341 g/mol. The highest BCUT2D eigenvalue weighted by molar-refractivity contribution is 7.15. The van der Waals surface area contributed by atoms with Crippen molar-refractivity contribution in [3.63, 3.8) is 0 Å². The SMILES string of the molecule is O=C(Cc1cn2ccsc2n1)Nc1cccc(OC2CCCC2)c1. The van der Waals surface area contributed by atoms with Crippen molar-refractivity contribution in [3.05, 3.63) is 47.7 Å². The number of thiazole rings is 1. The maximum absolute atomic E-state index is 12.2. The molecule has 24 heavy (non-hydrogen) atoms. The van der Waals surface area contributed by atoms with E-state index >= 15 is 0 Å². The molecular formula is C18H19N3O2S. The topological polar surface area (TPSA) is 55.6 Å². The molecule has 1 aliphatic carbocycles. The van der Waals surface area contributed by atoms with E-state index in [0.29, 0.717) is 6.10 Å². The minimum absolute atomic E-state index is 0.0706. The zero-order valence-corrected chi connectivity index (χ0v) is 14.1. The third kappa shape index (κ3) is 3.43. The molecule has 0 spiro atoms. The second kappa shape index (κ2) is 6.65. The number of carbonyl (C=O) groups is 1. The Morgan fingerprint density at radius 2 is 2.25 bits per heavy atom. The summed E-state index contributed by atoms with van der Waals surface area (Å²) >= 11 is 1.56. The van der Waals surface area contributed by atoms with E-state index in [2.05, 4.69) is 10.3 Å². The molecule has 0 bridgehead atoms. The quantitative estimate of drug-likeness (QED) is 0.766. The Labute approximate surface area is 144 Å². The fourth-order valence-electron chi connectivity index (χ4n) is 3.08. The van der Waals surface area contributed by atoms with E-state index in [1.807, 2.05) is 46.4 Å². The van der Waals surface area contributed by atoms with Gasteiger partial charge in [-0.1, -0.05) is 6.07 Å². The third-order valence-corrected chi connectivity index (χ3v) is 4.98. The molecule has 0 aliphatic heterocycles. The third-order valence-electron chi connectivity index (χ3n) is 4.21. The van der Waals surface area contributed by atoms with Crippen molar-refractivity contribution in [2.75, 3.05) is 5.32 Å². The Hall–Kier alpha value is -2.34. The molecule has 0 atom stereocenters. The first kappa shape index (κ1) is 15.2. The van der Waals surface area contributed by atoms with Gasteiger partial charge in [-0.15, -0.1) is 11.3 Å². The van der Waals surface area contributed by atoms with Crippen LogP contribution in [0.15, 0.2) is 42.0 Å². The average Bonchev–Trinajstić information content (AvgIpc) is 3.25. The molecule has 1 aromatic carbocycles. The summed E-state index contributed by atoms with van der Waals surface area (Å²) in [5.74, 6) is 0.751. The summed E-state index contributed by atoms with van der Waals surface area (Å²) in [6.07, 6.45) is 9.13. The van der Waals surface area contributed by atoms with Gasteiger partial charge >= 0.3 is 0 Å². The molecule has 0 saturated heterocycles. The van der Waals surface area contributed by atoms with Gasteiger partial charge in [0.05, 0.1) is 18.2 Å². The number of carbonyl (C=O) groups excluding carboxylic acids is 1. The summed E-state index contributed by atoms with van der Waals surface area (Å²) in [5, 5.41) is 4.90. The largest absolute Gasteiger partial charge is 0.490 e. The lowest BCUT2D eigenvalue weighted by atomic mass is 10.2. The second-order valence-corrected chi connectivity index (χ2v) is 6.98. The van der Waals surface area contributed by atoms with Crippen LogP contribution in [0.25, 0.3) is 4.96 Å². The molecule has 1 fully saturated rings. The van der Waals surface area contributed by atoms with Gasteiger partial charge in [0.15, 0.2) is 4.96 Å². The van der Waals surface area contributed by atoms with Crippen molar-refractivity contribution in [1.29, 1.82) is 0 Å². The minimum atomic E-state index is -0.0706. The zero-order chi connectivity index (χ0) is 16.4. The van der Waals surface area contributed by atoms with Gasteiger partial charge in [0.2, 0.25) is 5.91 Å². The van der Waals surface area contributed by atoms with E-state index in [1.165, 1.54) is 12.8 Å². The minimum Gasteiger partial charge on any atom is -0.490 e. The number of nitrogens with zero attached hydrogens (tertiary/aromatic N) is 2. The number of ether oxygens (including phenoxy) is 1. The Bertz CT molecular complexity index is 820. The normalized spacial score (nSPS) is 15.0. The van der Waals surface area contributed by atoms with Crippen molar-refractivity contribution in [3.8, 4) is 5.75 Å². The zero-order valence-electron chi connectivity index (χ0n) is 13.3. The Morgan fingerprint density at radius 1 is 1.38 bits per heavy atom. The lowest BCUT2D eigenvalue weighted by Crippen LogP contribution is -2.15. The molecule has 2 heterocycles. The van der Waals surface area contributed by atoms with Gasteiger partial charge in [-0.25, -0.2) is 4.98 Å². The highest BCUT2D eigenvalue weighted by atomic mass is 32.1. The van der Waals surface area contributed by atoms with Crippen LogP contribution in [-0.4, -0.2) is 21.4 Å². The molecular weight excluding hydrogens is 322 g/mol. The monoisotopic (exact) mass is 341 g/mol. The van der Waals surface area contributed by atoms with Crippen LogP contribution in [0.1, 0.15) is 31.4 Å². The van der Waals surface area contributed by atoms with Crippen molar-refractivity contribution in [2.45, 2.75) is 38.2 Å². The summed E-state index contributed by atoms with van der Waals surface area (Å²) in [5.41, 5.74) is 1.54. The number of nitrogens with one attached hydrogen (secondary N) is 1. The fraction of sp³-hybridized carbons (Fsp3) is 0.333. The first-order chi connectivity index (χ1) is 11.8. The van der Waals surface area contributed by atoms with Gasteiger partial charge in [0.25, 0.3) is 0 Å². The molecule has 0 radical (unpaired) electrons. The van der Waals surface area contributed by atoms with E-state index in [9.17, 15) is 4.79 Å². The Kier molecular flexibility index (Phi) is 4.21. The molecule has 1 amide bonds. The molecule has 6 heteroatoms. The van der Waals surface area contributed by atoms with Crippen LogP contribution in [0.3, 0.4) is 0 Å². The molecule has 2 aromatic heterocycles. The van der Waals surface area contributed by atoms with E-state index in [4.69, 9.17) is 4.74 Å². The molecule has 124 valence electrons. The number of benzene rings is 1. The molecule has 1 N–H and O–H groups in total. The van der Waals surface area contributed by atoms with Crippen LogP contribution in [0.2, 0.25) is 0 Å². The molecule has 1 saturated carbocycles. The van der Waals surface area contributed by atoms with Gasteiger partial charge in [-0.3, -0.25) is 9.20 Å². The van der Waals surface area contributed by atoms with Crippen molar-refractivity contribution in [2.24, 2.45) is 0 Å². The van der Waals surface area contributed by atoms with Crippen molar-refractivity contribution >= 4 is 27.9 Å². The van der Waals surface area contributed by atoms with E-state index in [-0.39, 0.29) is 12.3 Å². The van der Waals surface area contributed by atoms with Gasteiger partial charge < -0.3 is 10.1 Å². The summed E-state index contributed by atoms with van der Waals surface area (Å²) in [6, 6.07) is 7.62. The first-order valence-corrected chi connectivity index (χ1v) is 9.12. The number of hydrogen-bond acceptors (Lipinski definition) is 4. The summed E-state index contributed by atoms with van der Waals surface area (Å²) in [7, 11) is 0. The number of anilines is 1. The Morgan fingerprint density at radius 3 is 3.08 bits per heavy atom. The summed E-state index contributed by atoms with van der Waals surface area (Å²) in [6.45, 7) is 0. The Balaban J connectivity index is 1.38. The highest BCUT2D eigenvalue weighted by Crippen LogP contribution is 2.25. The number of rotatable bonds is 5. The number of amides is 1. The standard InChI is InChI=1S/C18H19N3O2S/c22-17(11-14-12-21-8-9-24-18(21)20-14)19-13-4-3-7-16(10-13)23-15-5-1-2-6-15/h3-4,7-10,12,15H,1-2,5-6,11H2,(H,19,22).